The lowest BCUT2D eigenvalue weighted by Gasteiger charge is -2.17. The van der Waals surface area contributed by atoms with Gasteiger partial charge >= 0.3 is 0 Å². The van der Waals surface area contributed by atoms with Crippen molar-refractivity contribution >= 4 is 33.4 Å². The van der Waals surface area contributed by atoms with Gasteiger partial charge in [0.15, 0.2) is 0 Å². The van der Waals surface area contributed by atoms with Crippen LogP contribution in [0.15, 0.2) is 64.6 Å². The number of nitrogens with one attached hydrogen (secondary N) is 2. The molecule has 1 aromatic heterocycles. The highest BCUT2D eigenvalue weighted by atomic mass is 32.2. The first-order chi connectivity index (χ1) is 13.8. The van der Waals surface area contributed by atoms with E-state index in [0.29, 0.717) is 16.7 Å². The third kappa shape index (κ3) is 5.66. The molecule has 1 heterocycles. The van der Waals surface area contributed by atoms with Crippen molar-refractivity contribution in [2.24, 2.45) is 0 Å². The quantitative estimate of drug-likeness (QED) is 0.531. The summed E-state index contributed by atoms with van der Waals surface area (Å²) in [6.07, 6.45) is 0. The number of hydrogen-bond donors (Lipinski definition) is 2. The lowest BCUT2D eigenvalue weighted by molar-refractivity contribution is -0.113. The van der Waals surface area contributed by atoms with Crippen molar-refractivity contribution in [3.63, 3.8) is 0 Å². The second-order valence-electron chi connectivity index (χ2n) is 6.31. The number of aromatic amines is 1. The van der Waals surface area contributed by atoms with Crippen LogP contribution in [0.4, 0.5) is 5.69 Å². The van der Waals surface area contributed by atoms with E-state index >= 15 is 0 Å². The summed E-state index contributed by atoms with van der Waals surface area (Å²) in [6, 6.07) is 15.5. The number of rotatable bonds is 8. The number of benzene rings is 2. The Balaban J connectivity index is 1.59. The SMILES string of the molecule is Cc1nc(SCC(=O)Nc2ccc(S(=O)(=O)N(C)Cc3ccccc3)cc2)n[nH]1. The van der Waals surface area contributed by atoms with Crippen LogP contribution in [0.2, 0.25) is 0 Å². The molecule has 3 rings (SSSR count). The highest BCUT2D eigenvalue weighted by molar-refractivity contribution is 7.99. The summed E-state index contributed by atoms with van der Waals surface area (Å²) in [5.41, 5.74) is 1.42. The summed E-state index contributed by atoms with van der Waals surface area (Å²) in [4.78, 5) is 16.3. The third-order valence-electron chi connectivity index (χ3n) is 4.00. The van der Waals surface area contributed by atoms with Crippen LogP contribution in [0.1, 0.15) is 11.4 Å². The molecule has 10 heteroatoms. The number of amides is 1. The molecule has 0 fully saturated rings. The lowest BCUT2D eigenvalue weighted by atomic mass is 10.2. The molecule has 1 amide bonds. The average Bonchev–Trinajstić information content (AvgIpc) is 3.13. The number of carbonyl (C=O) groups excluding carboxylic acids is 1. The number of hydrogen-bond acceptors (Lipinski definition) is 6. The summed E-state index contributed by atoms with van der Waals surface area (Å²) < 4.78 is 26.8. The van der Waals surface area contributed by atoms with E-state index in [1.807, 2.05) is 30.3 Å². The van der Waals surface area contributed by atoms with E-state index in [1.165, 1.54) is 28.2 Å². The number of aromatic nitrogens is 3. The molecule has 0 spiro atoms. The fraction of sp³-hybridized carbons (Fsp3) is 0.211. The minimum Gasteiger partial charge on any atom is -0.325 e. The van der Waals surface area contributed by atoms with Gasteiger partial charge in [0.05, 0.1) is 10.6 Å². The van der Waals surface area contributed by atoms with Gasteiger partial charge in [0.25, 0.3) is 0 Å². The van der Waals surface area contributed by atoms with Gasteiger partial charge in [-0.25, -0.2) is 13.4 Å². The fourth-order valence-corrected chi connectivity index (χ4v) is 4.33. The maximum Gasteiger partial charge on any atom is 0.243 e. The molecule has 3 aromatic rings. The Labute approximate surface area is 173 Å². The first-order valence-corrected chi connectivity index (χ1v) is 11.2. The van der Waals surface area contributed by atoms with Crippen molar-refractivity contribution in [3.8, 4) is 0 Å². The molecule has 2 aromatic carbocycles. The van der Waals surface area contributed by atoms with Crippen LogP contribution < -0.4 is 5.32 Å². The highest BCUT2D eigenvalue weighted by Crippen LogP contribution is 2.20. The number of carbonyl (C=O) groups is 1. The van der Waals surface area contributed by atoms with Gasteiger partial charge in [-0.15, -0.1) is 5.10 Å². The Hall–Kier alpha value is -2.69. The largest absolute Gasteiger partial charge is 0.325 e. The maximum atomic E-state index is 12.7. The van der Waals surface area contributed by atoms with Crippen molar-refractivity contribution < 1.29 is 13.2 Å². The van der Waals surface area contributed by atoms with Crippen LogP contribution in [0.5, 0.6) is 0 Å². The molecule has 0 saturated carbocycles. The van der Waals surface area contributed by atoms with E-state index in [2.05, 4.69) is 20.5 Å². The topological polar surface area (TPSA) is 108 Å². The van der Waals surface area contributed by atoms with Crippen molar-refractivity contribution in [1.29, 1.82) is 0 Å². The molecule has 8 nitrogen and oxygen atoms in total. The van der Waals surface area contributed by atoms with E-state index in [1.54, 1.807) is 26.1 Å². The molecule has 152 valence electrons. The van der Waals surface area contributed by atoms with Crippen LogP contribution in [-0.4, -0.2) is 46.6 Å². The van der Waals surface area contributed by atoms with Gasteiger partial charge in [0.1, 0.15) is 5.82 Å². The summed E-state index contributed by atoms with van der Waals surface area (Å²) in [7, 11) is -2.09. The van der Waals surface area contributed by atoms with Crippen molar-refractivity contribution in [3.05, 3.63) is 66.0 Å². The Morgan fingerprint density at radius 3 is 2.45 bits per heavy atom. The summed E-state index contributed by atoms with van der Waals surface area (Å²) in [5.74, 6) is 0.605. The molecular weight excluding hydrogens is 410 g/mol. The van der Waals surface area contributed by atoms with Crippen LogP contribution in [0, 0.1) is 6.92 Å². The van der Waals surface area contributed by atoms with E-state index in [9.17, 15) is 13.2 Å². The number of H-pyrrole nitrogens is 1. The third-order valence-corrected chi connectivity index (χ3v) is 6.67. The summed E-state index contributed by atoms with van der Waals surface area (Å²) in [5, 5.41) is 9.90. The molecule has 0 atom stereocenters. The molecular formula is C19H21N5O3S2. The number of anilines is 1. The minimum atomic E-state index is -3.63. The van der Waals surface area contributed by atoms with Gasteiger partial charge in [0.2, 0.25) is 21.1 Å². The number of sulfonamides is 1. The van der Waals surface area contributed by atoms with Gasteiger partial charge in [-0.1, -0.05) is 42.1 Å². The fourth-order valence-electron chi connectivity index (χ4n) is 2.53. The van der Waals surface area contributed by atoms with Gasteiger partial charge in [-0.2, -0.15) is 4.31 Å². The van der Waals surface area contributed by atoms with Crippen LogP contribution in [0.25, 0.3) is 0 Å². The van der Waals surface area contributed by atoms with Gasteiger partial charge in [-0.3, -0.25) is 9.89 Å². The number of nitrogens with zero attached hydrogens (tertiary/aromatic N) is 3. The molecule has 0 aliphatic heterocycles. The lowest BCUT2D eigenvalue weighted by Crippen LogP contribution is -2.26. The van der Waals surface area contributed by atoms with E-state index < -0.39 is 10.0 Å². The Morgan fingerprint density at radius 1 is 1.14 bits per heavy atom. The van der Waals surface area contributed by atoms with Crippen molar-refractivity contribution in [2.75, 3.05) is 18.1 Å². The highest BCUT2D eigenvalue weighted by Gasteiger charge is 2.21. The smallest absolute Gasteiger partial charge is 0.243 e. The zero-order chi connectivity index (χ0) is 20.9. The molecule has 2 N–H and O–H groups in total. The molecule has 0 bridgehead atoms. The molecule has 0 radical (unpaired) electrons. The standard InChI is InChI=1S/C19H21N5O3S2/c1-14-20-19(23-22-14)28-13-18(25)21-16-8-10-17(11-9-16)29(26,27)24(2)12-15-6-4-3-5-7-15/h3-11H,12-13H2,1-2H3,(H,21,25)(H,20,22,23). The molecule has 0 aliphatic rings. The molecule has 0 unspecified atom stereocenters. The van der Waals surface area contributed by atoms with E-state index in [-0.39, 0.29) is 23.1 Å². The van der Waals surface area contributed by atoms with E-state index in [0.717, 1.165) is 5.56 Å². The second-order valence-corrected chi connectivity index (χ2v) is 9.30. The average molecular weight is 432 g/mol. The molecule has 0 saturated heterocycles. The van der Waals surface area contributed by atoms with Crippen LogP contribution in [0.3, 0.4) is 0 Å². The van der Waals surface area contributed by atoms with Crippen LogP contribution in [-0.2, 0) is 21.4 Å². The predicted octanol–water partition coefficient (Wildman–Crippen LogP) is 2.66. The maximum absolute atomic E-state index is 12.7. The minimum absolute atomic E-state index is 0.150. The first kappa shape index (κ1) is 21.0. The van der Waals surface area contributed by atoms with Crippen molar-refractivity contribution in [2.45, 2.75) is 23.5 Å². The molecule has 0 aliphatic carbocycles. The summed E-state index contributed by atoms with van der Waals surface area (Å²) >= 11 is 1.21. The zero-order valence-electron chi connectivity index (χ0n) is 16.0. The van der Waals surface area contributed by atoms with Gasteiger partial charge < -0.3 is 5.32 Å². The number of thioether (sulfide) groups is 1. The Kier molecular flexibility index (Phi) is 6.68. The predicted molar refractivity (Wildman–Crippen MR) is 112 cm³/mol. The monoisotopic (exact) mass is 431 g/mol. The van der Waals surface area contributed by atoms with Gasteiger partial charge in [0, 0.05) is 19.3 Å². The number of aryl methyl sites for hydroxylation is 1. The van der Waals surface area contributed by atoms with E-state index in [4.69, 9.17) is 0 Å². The van der Waals surface area contributed by atoms with Crippen molar-refractivity contribution in [1.82, 2.24) is 19.5 Å². The first-order valence-electron chi connectivity index (χ1n) is 8.76. The zero-order valence-corrected chi connectivity index (χ0v) is 17.6. The summed E-state index contributed by atoms with van der Waals surface area (Å²) in [6.45, 7) is 2.06. The normalized spacial score (nSPS) is 11.6. The van der Waals surface area contributed by atoms with Crippen LogP contribution >= 0.6 is 11.8 Å². The Bertz CT molecular complexity index is 1070. The molecule has 29 heavy (non-hydrogen) atoms. The second kappa shape index (κ2) is 9.21. The van der Waals surface area contributed by atoms with Gasteiger partial charge in [-0.05, 0) is 36.8 Å². The Morgan fingerprint density at radius 2 is 1.83 bits per heavy atom.